The van der Waals surface area contributed by atoms with Crippen LogP contribution in [-0.2, 0) is 12.7 Å². The Morgan fingerprint density at radius 2 is 1.75 bits per heavy atom. The van der Waals surface area contributed by atoms with E-state index in [-0.39, 0.29) is 23.5 Å². The van der Waals surface area contributed by atoms with Gasteiger partial charge in [0.2, 0.25) is 0 Å². The van der Waals surface area contributed by atoms with Crippen molar-refractivity contribution in [2.24, 2.45) is 0 Å². The maximum absolute atomic E-state index is 13.2. The molecule has 0 bridgehead atoms. The second-order valence-corrected chi connectivity index (χ2v) is 8.28. The van der Waals surface area contributed by atoms with Gasteiger partial charge in [0.05, 0.1) is 21.9 Å². The van der Waals surface area contributed by atoms with Crippen LogP contribution in [0.2, 0.25) is 0 Å². The first-order valence-electron chi connectivity index (χ1n) is 10.9. The molecule has 184 valence electrons. The van der Waals surface area contributed by atoms with E-state index in [1.54, 1.807) is 12.1 Å². The number of carbonyl (C=O) groups is 1. The summed E-state index contributed by atoms with van der Waals surface area (Å²) >= 11 is 0. The van der Waals surface area contributed by atoms with Gasteiger partial charge in [-0.15, -0.1) is 0 Å². The van der Waals surface area contributed by atoms with Gasteiger partial charge in [-0.1, -0.05) is 30.3 Å². The first-order chi connectivity index (χ1) is 17.0. The Bertz CT molecular complexity index is 1460. The Morgan fingerprint density at radius 1 is 1.00 bits per heavy atom. The van der Waals surface area contributed by atoms with Crippen LogP contribution in [-0.4, -0.2) is 20.6 Å². The van der Waals surface area contributed by atoms with Crippen LogP contribution in [0.15, 0.2) is 72.8 Å². The number of aryl methyl sites for hydroxylation is 2. The maximum Gasteiger partial charge on any atom is 0.416 e. The summed E-state index contributed by atoms with van der Waals surface area (Å²) in [5, 5.41) is 18.4. The van der Waals surface area contributed by atoms with Crippen LogP contribution in [0.3, 0.4) is 0 Å². The molecule has 7 nitrogen and oxygen atoms in total. The quantitative estimate of drug-likeness (QED) is 0.262. The summed E-state index contributed by atoms with van der Waals surface area (Å²) in [6.07, 6.45) is -4.50. The fraction of sp³-hybridized carbons (Fsp3) is 0.154. The van der Waals surface area contributed by atoms with E-state index in [1.165, 1.54) is 35.0 Å². The molecule has 3 aromatic carbocycles. The van der Waals surface area contributed by atoms with Gasteiger partial charge in [-0.2, -0.15) is 18.3 Å². The third-order valence-electron chi connectivity index (χ3n) is 5.74. The van der Waals surface area contributed by atoms with E-state index in [0.29, 0.717) is 11.4 Å². The topological polar surface area (TPSA) is 90.1 Å². The highest BCUT2D eigenvalue weighted by molar-refractivity contribution is 5.94. The predicted octanol–water partition coefficient (Wildman–Crippen LogP) is 6.01. The molecule has 4 aromatic rings. The monoisotopic (exact) mass is 494 g/mol. The van der Waals surface area contributed by atoms with Crippen LogP contribution < -0.4 is 5.32 Å². The Balaban J connectivity index is 1.70. The number of nitrogens with zero attached hydrogens (tertiary/aromatic N) is 3. The average Bonchev–Trinajstić information content (AvgIpc) is 3.30. The minimum absolute atomic E-state index is 0.0794. The molecule has 0 saturated heterocycles. The number of hydrogen-bond donors (Lipinski definition) is 1. The number of nitro groups is 1. The number of halogens is 3. The van der Waals surface area contributed by atoms with Crippen LogP contribution in [0.1, 0.15) is 32.7 Å². The second-order valence-electron chi connectivity index (χ2n) is 8.28. The highest BCUT2D eigenvalue weighted by Crippen LogP contribution is 2.30. The minimum atomic E-state index is -4.50. The van der Waals surface area contributed by atoms with E-state index in [2.05, 4.69) is 10.4 Å². The number of alkyl halides is 3. The van der Waals surface area contributed by atoms with E-state index < -0.39 is 22.6 Å². The summed E-state index contributed by atoms with van der Waals surface area (Å²) in [6.45, 7) is 3.76. The third-order valence-corrected chi connectivity index (χ3v) is 5.74. The SMILES string of the molecule is Cc1ccc(-c2cc(C(=O)NCc3cccc(C(F)(F)F)c3)n(-c3cccc([N+](=O)[O-])c3)n2)cc1C. The highest BCUT2D eigenvalue weighted by Gasteiger charge is 2.30. The van der Waals surface area contributed by atoms with Gasteiger partial charge in [0.1, 0.15) is 5.69 Å². The van der Waals surface area contributed by atoms with Crippen molar-refractivity contribution in [3.05, 3.63) is 111 Å². The van der Waals surface area contributed by atoms with Gasteiger partial charge in [-0.05, 0) is 60.9 Å². The summed E-state index contributed by atoms with van der Waals surface area (Å²) in [5.74, 6) is -0.596. The lowest BCUT2D eigenvalue weighted by atomic mass is 10.0. The van der Waals surface area contributed by atoms with Gasteiger partial charge in [-0.3, -0.25) is 14.9 Å². The molecule has 0 fully saturated rings. The number of benzene rings is 3. The summed E-state index contributed by atoms with van der Waals surface area (Å²) < 4.78 is 40.4. The summed E-state index contributed by atoms with van der Waals surface area (Å²) in [4.78, 5) is 23.9. The van der Waals surface area contributed by atoms with Crippen LogP contribution >= 0.6 is 0 Å². The van der Waals surface area contributed by atoms with Crippen molar-refractivity contribution in [2.75, 3.05) is 0 Å². The molecular formula is C26H21F3N4O3. The van der Waals surface area contributed by atoms with Gasteiger partial charge in [-0.25, -0.2) is 4.68 Å². The predicted molar refractivity (Wildman–Crippen MR) is 128 cm³/mol. The fourth-order valence-corrected chi connectivity index (χ4v) is 3.65. The number of non-ortho nitro benzene ring substituents is 1. The summed E-state index contributed by atoms with van der Waals surface area (Å²) in [7, 11) is 0. The minimum Gasteiger partial charge on any atom is -0.347 e. The maximum atomic E-state index is 13.2. The van der Waals surface area contributed by atoms with Crippen molar-refractivity contribution in [3.8, 4) is 16.9 Å². The standard InChI is InChI=1S/C26H21F3N4O3/c1-16-9-10-19(11-17(16)2)23-14-24(32(31-23)21-7-4-8-22(13-21)33(35)36)25(34)30-15-18-5-3-6-20(12-18)26(27,28)29/h3-14H,15H2,1-2H3,(H,30,34). The highest BCUT2D eigenvalue weighted by atomic mass is 19.4. The number of rotatable bonds is 6. The number of hydrogen-bond acceptors (Lipinski definition) is 4. The molecule has 0 spiro atoms. The lowest BCUT2D eigenvalue weighted by Crippen LogP contribution is -2.25. The molecule has 0 radical (unpaired) electrons. The Labute approximate surface area is 204 Å². The van der Waals surface area contributed by atoms with E-state index >= 15 is 0 Å². The molecule has 1 heterocycles. The van der Waals surface area contributed by atoms with Gasteiger partial charge >= 0.3 is 6.18 Å². The Kier molecular flexibility index (Phi) is 6.61. The van der Waals surface area contributed by atoms with Gasteiger partial charge in [0, 0.05) is 24.2 Å². The zero-order valence-electron chi connectivity index (χ0n) is 19.3. The van der Waals surface area contributed by atoms with Gasteiger partial charge in [0.15, 0.2) is 0 Å². The normalized spacial score (nSPS) is 11.4. The molecule has 10 heteroatoms. The van der Waals surface area contributed by atoms with E-state index in [1.807, 2.05) is 32.0 Å². The van der Waals surface area contributed by atoms with Crippen molar-refractivity contribution in [1.29, 1.82) is 0 Å². The molecule has 0 aliphatic carbocycles. The van der Waals surface area contributed by atoms with Gasteiger partial charge < -0.3 is 5.32 Å². The van der Waals surface area contributed by atoms with Crippen molar-refractivity contribution in [3.63, 3.8) is 0 Å². The molecule has 1 N–H and O–H groups in total. The molecule has 1 amide bonds. The molecule has 1 aromatic heterocycles. The lowest BCUT2D eigenvalue weighted by molar-refractivity contribution is -0.384. The second kappa shape index (κ2) is 9.65. The smallest absolute Gasteiger partial charge is 0.347 e. The van der Waals surface area contributed by atoms with Crippen molar-refractivity contribution >= 4 is 11.6 Å². The van der Waals surface area contributed by atoms with E-state index in [0.717, 1.165) is 28.8 Å². The molecule has 0 unspecified atom stereocenters. The van der Waals surface area contributed by atoms with Gasteiger partial charge in [0.25, 0.3) is 11.6 Å². The average molecular weight is 494 g/mol. The van der Waals surface area contributed by atoms with E-state index in [9.17, 15) is 28.1 Å². The molecule has 4 rings (SSSR count). The third kappa shape index (κ3) is 5.27. The zero-order chi connectivity index (χ0) is 26.0. The number of nitrogens with one attached hydrogen (secondary N) is 1. The Morgan fingerprint density at radius 3 is 2.44 bits per heavy atom. The number of aromatic nitrogens is 2. The first-order valence-corrected chi connectivity index (χ1v) is 10.9. The lowest BCUT2D eigenvalue weighted by Gasteiger charge is -2.10. The van der Waals surface area contributed by atoms with E-state index in [4.69, 9.17) is 0 Å². The molecule has 36 heavy (non-hydrogen) atoms. The van der Waals surface area contributed by atoms with Crippen molar-refractivity contribution in [2.45, 2.75) is 26.6 Å². The molecule has 0 saturated carbocycles. The molecule has 0 aliphatic heterocycles. The molecule has 0 atom stereocenters. The number of amides is 1. The number of carbonyl (C=O) groups excluding carboxylic acids is 1. The zero-order valence-corrected chi connectivity index (χ0v) is 19.3. The van der Waals surface area contributed by atoms with Crippen LogP contribution in [0.25, 0.3) is 16.9 Å². The largest absolute Gasteiger partial charge is 0.416 e. The van der Waals surface area contributed by atoms with Crippen LogP contribution in [0, 0.1) is 24.0 Å². The fourth-order valence-electron chi connectivity index (χ4n) is 3.65. The Hall–Kier alpha value is -4.47. The van der Waals surface area contributed by atoms with Crippen molar-refractivity contribution in [1.82, 2.24) is 15.1 Å². The summed E-state index contributed by atoms with van der Waals surface area (Å²) in [5.41, 5.74) is 2.97. The van der Waals surface area contributed by atoms with Crippen molar-refractivity contribution < 1.29 is 22.9 Å². The first kappa shape index (κ1) is 24.6. The number of nitro benzene ring substituents is 1. The molecule has 0 aliphatic rings. The molecular weight excluding hydrogens is 473 g/mol. The van der Waals surface area contributed by atoms with Crippen LogP contribution in [0.4, 0.5) is 18.9 Å². The summed E-state index contributed by atoms with van der Waals surface area (Å²) in [6, 6.07) is 17.6. The van der Waals surface area contributed by atoms with Crippen LogP contribution in [0.5, 0.6) is 0 Å².